The molecule has 160 valence electrons. The van der Waals surface area contributed by atoms with Crippen LogP contribution < -0.4 is 4.90 Å². The molecule has 0 saturated carbocycles. The Balaban J connectivity index is 1.64. The van der Waals surface area contributed by atoms with Crippen molar-refractivity contribution in [3.63, 3.8) is 0 Å². The smallest absolute Gasteiger partial charge is 0.157 e. The number of ether oxygens (including phenoxy) is 1. The molecule has 4 rings (SSSR count). The number of piperidine rings is 1. The van der Waals surface area contributed by atoms with E-state index in [0.29, 0.717) is 5.92 Å². The van der Waals surface area contributed by atoms with Crippen molar-refractivity contribution in [2.75, 3.05) is 50.8 Å². The van der Waals surface area contributed by atoms with Crippen molar-refractivity contribution in [1.29, 1.82) is 0 Å². The quantitative estimate of drug-likeness (QED) is 0.739. The Morgan fingerprint density at radius 3 is 2.62 bits per heavy atom. The van der Waals surface area contributed by atoms with Crippen LogP contribution >= 0.6 is 0 Å². The van der Waals surface area contributed by atoms with Crippen molar-refractivity contribution < 1.29 is 4.74 Å². The topological polar surface area (TPSA) is 45.9 Å². The third-order valence-corrected chi connectivity index (χ3v) is 6.94. The zero-order chi connectivity index (χ0) is 20.4. The summed E-state index contributed by atoms with van der Waals surface area (Å²) >= 11 is 0. The Hall–Kier alpha value is -1.66. The third kappa shape index (κ3) is 4.29. The molecule has 0 N–H and O–H groups in total. The maximum atomic E-state index is 5.55. The molecule has 2 aromatic heterocycles. The summed E-state index contributed by atoms with van der Waals surface area (Å²) < 4.78 is 7.68. The van der Waals surface area contributed by atoms with Gasteiger partial charge in [-0.25, -0.2) is 4.98 Å². The zero-order valence-corrected chi connectivity index (χ0v) is 18.7. The van der Waals surface area contributed by atoms with Crippen LogP contribution in [0.1, 0.15) is 62.4 Å². The van der Waals surface area contributed by atoms with Gasteiger partial charge in [-0.15, -0.1) is 0 Å². The number of fused-ring (bicyclic) bond motifs is 1. The lowest BCUT2D eigenvalue weighted by Crippen LogP contribution is -2.42. The summed E-state index contributed by atoms with van der Waals surface area (Å²) in [5.41, 5.74) is 4.57. The minimum absolute atomic E-state index is 0.496. The molecule has 2 aromatic rings. The van der Waals surface area contributed by atoms with Crippen LogP contribution in [0.15, 0.2) is 6.07 Å². The molecule has 0 radical (unpaired) electrons. The number of rotatable bonds is 6. The summed E-state index contributed by atoms with van der Waals surface area (Å²) in [4.78, 5) is 10.0. The van der Waals surface area contributed by atoms with E-state index in [0.717, 1.165) is 69.5 Å². The Morgan fingerprint density at radius 1 is 1.14 bits per heavy atom. The molecule has 2 aliphatic rings. The Morgan fingerprint density at radius 2 is 1.90 bits per heavy atom. The predicted molar refractivity (Wildman–Crippen MR) is 118 cm³/mol. The number of aromatic nitrogens is 3. The fraction of sp³-hybridized carbons (Fsp3) is 0.739. The maximum Gasteiger partial charge on any atom is 0.157 e. The van der Waals surface area contributed by atoms with Crippen molar-refractivity contribution in [2.24, 2.45) is 5.92 Å². The lowest BCUT2D eigenvalue weighted by atomic mass is 9.97. The normalized spacial score (nSPS) is 21.4. The molecular formula is C23H37N5O. The molecule has 2 aliphatic heterocycles. The Bertz CT molecular complexity index is 822. The second-order valence-electron chi connectivity index (χ2n) is 8.81. The van der Waals surface area contributed by atoms with E-state index in [-0.39, 0.29) is 0 Å². The molecule has 2 saturated heterocycles. The summed E-state index contributed by atoms with van der Waals surface area (Å²) in [7, 11) is 0. The van der Waals surface area contributed by atoms with E-state index in [1.165, 1.54) is 36.5 Å². The minimum atomic E-state index is 0.496. The fourth-order valence-electron chi connectivity index (χ4n) is 5.02. The number of nitrogens with zero attached hydrogens (tertiary/aromatic N) is 5. The first-order chi connectivity index (χ1) is 14.1. The van der Waals surface area contributed by atoms with Gasteiger partial charge in [0, 0.05) is 56.1 Å². The molecule has 0 spiro atoms. The fourth-order valence-corrected chi connectivity index (χ4v) is 5.02. The third-order valence-electron chi connectivity index (χ3n) is 6.94. The maximum absolute atomic E-state index is 5.55. The second kappa shape index (κ2) is 9.00. The van der Waals surface area contributed by atoms with Crippen molar-refractivity contribution in [3.8, 4) is 0 Å². The van der Waals surface area contributed by atoms with E-state index < -0.39 is 0 Å². The molecule has 29 heavy (non-hydrogen) atoms. The monoisotopic (exact) mass is 399 g/mol. The first-order valence-electron chi connectivity index (χ1n) is 11.5. The predicted octanol–water partition coefficient (Wildman–Crippen LogP) is 3.80. The van der Waals surface area contributed by atoms with E-state index in [1.54, 1.807) is 0 Å². The Labute approximate surface area is 175 Å². The van der Waals surface area contributed by atoms with E-state index in [1.807, 2.05) is 0 Å². The highest BCUT2D eigenvalue weighted by Crippen LogP contribution is 2.31. The molecule has 2 fully saturated rings. The summed E-state index contributed by atoms with van der Waals surface area (Å²) in [5, 5.41) is 5.08. The van der Waals surface area contributed by atoms with Crippen LogP contribution in [0, 0.1) is 19.8 Å². The van der Waals surface area contributed by atoms with Crippen LogP contribution in [0.2, 0.25) is 0 Å². The van der Waals surface area contributed by atoms with E-state index >= 15 is 0 Å². The van der Waals surface area contributed by atoms with Gasteiger partial charge in [0.25, 0.3) is 0 Å². The van der Waals surface area contributed by atoms with Crippen LogP contribution in [0.3, 0.4) is 0 Å². The summed E-state index contributed by atoms with van der Waals surface area (Å²) in [6.45, 7) is 16.3. The highest BCUT2D eigenvalue weighted by molar-refractivity contribution is 5.57. The van der Waals surface area contributed by atoms with Gasteiger partial charge in [-0.1, -0.05) is 13.8 Å². The van der Waals surface area contributed by atoms with Gasteiger partial charge >= 0.3 is 0 Å². The minimum Gasteiger partial charge on any atom is -0.381 e. The highest BCUT2D eigenvalue weighted by Gasteiger charge is 2.27. The molecule has 0 unspecified atom stereocenters. The van der Waals surface area contributed by atoms with Crippen LogP contribution in [0.4, 0.5) is 5.82 Å². The van der Waals surface area contributed by atoms with Gasteiger partial charge in [-0.05, 0) is 58.5 Å². The van der Waals surface area contributed by atoms with Gasteiger partial charge in [0.15, 0.2) is 5.65 Å². The number of hydrogen-bond acceptors (Lipinski definition) is 5. The molecule has 0 aliphatic carbocycles. The molecule has 0 aromatic carbocycles. The molecule has 6 heteroatoms. The lowest BCUT2D eigenvalue weighted by Gasteiger charge is -2.37. The Kier molecular flexibility index (Phi) is 6.40. The second-order valence-corrected chi connectivity index (χ2v) is 8.81. The number of aryl methyl sites for hydroxylation is 1. The van der Waals surface area contributed by atoms with Gasteiger partial charge in [0.2, 0.25) is 0 Å². The average Bonchev–Trinajstić information content (AvgIpc) is 3.17. The van der Waals surface area contributed by atoms with Gasteiger partial charge < -0.3 is 14.5 Å². The van der Waals surface area contributed by atoms with E-state index in [4.69, 9.17) is 14.8 Å². The van der Waals surface area contributed by atoms with Gasteiger partial charge in [-0.3, -0.25) is 0 Å². The average molecular weight is 400 g/mol. The zero-order valence-electron chi connectivity index (χ0n) is 18.7. The first-order valence-corrected chi connectivity index (χ1v) is 11.5. The molecule has 0 amide bonds. The lowest BCUT2D eigenvalue weighted by molar-refractivity contribution is 0.0844. The molecule has 0 bridgehead atoms. The van der Waals surface area contributed by atoms with Crippen LogP contribution in [-0.4, -0.2) is 65.4 Å². The van der Waals surface area contributed by atoms with E-state index in [9.17, 15) is 0 Å². The number of anilines is 1. The first kappa shape index (κ1) is 20.6. The SMILES string of the molecule is CCN(CC)C[C@H]1CCCN(c2c(C)c(C)nc3cc(C4CCOCC4)nn23)C1. The number of hydrogen-bond donors (Lipinski definition) is 0. The molecule has 6 nitrogen and oxygen atoms in total. The van der Waals surface area contributed by atoms with Gasteiger partial charge in [-0.2, -0.15) is 9.61 Å². The summed E-state index contributed by atoms with van der Waals surface area (Å²) in [6, 6.07) is 2.21. The van der Waals surface area contributed by atoms with Crippen LogP contribution in [-0.2, 0) is 4.74 Å². The standard InChI is InChI=1S/C23H37N5O/c1-5-26(6-2)15-19-8-7-11-27(16-19)23-17(3)18(4)24-22-14-21(25-28(22)23)20-9-12-29-13-10-20/h14,19-20H,5-13,15-16H2,1-4H3/t19-/m1/s1. The van der Waals surface area contributed by atoms with Gasteiger partial charge in [0.05, 0.1) is 5.69 Å². The summed E-state index contributed by atoms with van der Waals surface area (Å²) in [5.74, 6) is 2.47. The van der Waals surface area contributed by atoms with Crippen molar-refractivity contribution >= 4 is 11.5 Å². The van der Waals surface area contributed by atoms with Crippen molar-refractivity contribution in [2.45, 2.75) is 59.3 Å². The summed E-state index contributed by atoms with van der Waals surface area (Å²) in [6.07, 6.45) is 4.70. The molecule has 4 heterocycles. The van der Waals surface area contributed by atoms with Gasteiger partial charge in [0.1, 0.15) is 5.82 Å². The van der Waals surface area contributed by atoms with Crippen molar-refractivity contribution in [1.82, 2.24) is 19.5 Å². The highest BCUT2D eigenvalue weighted by atomic mass is 16.5. The van der Waals surface area contributed by atoms with Crippen LogP contribution in [0.5, 0.6) is 0 Å². The molecular weight excluding hydrogens is 362 g/mol. The van der Waals surface area contributed by atoms with E-state index in [2.05, 4.69) is 48.1 Å². The van der Waals surface area contributed by atoms with Crippen molar-refractivity contribution in [3.05, 3.63) is 23.0 Å². The molecule has 1 atom stereocenters. The van der Waals surface area contributed by atoms with Crippen LogP contribution in [0.25, 0.3) is 5.65 Å². The largest absolute Gasteiger partial charge is 0.381 e.